The van der Waals surface area contributed by atoms with E-state index in [0.29, 0.717) is 19.3 Å². The molecule has 0 radical (unpaired) electrons. The van der Waals surface area contributed by atoms with Crippen LogP contribution in [-0.4, -0.2) is 95.9 Å². The molecule has 0 fully saturated rings. The fourth-order valence-electron chi connectivity index (χ4n) is 11.9. The number of phosphoric ester groups is 2. The maximum Gasteiger partial charge on any atom is 0.472 e. The molecule has 0 heterocycles. The minimum absolute atomic E-state index is 0.0764. The number of carbonyl (C=O) groups excluding carboxylic acids is 3. The average molecular weight is 1650 g/mol. The highest BCUT2D eigenvalue weighted by Gasteiger charge is 2.29. The van der Waals surface area contributed by atoms with Crippen LogP contribution in [0.25, 0.3) is 0 Å². The standard InChI is InChI=1S/C97H162O16P2/c1-4-7-10-13-16-19-22-25-28-31-34-37-39-41-43-44-45-46-48-50-51-54-56-59-62-65-68-71-74-77-80-83-95(100)107-86-92(98)87-109-114(103,104)110-88-93(99)89-111-115(105,106)112-91-94(113-97(102)85-82-79-76-73-70-67-64-61-58-53-36-33-30-27-24-21-18-15-12-9-6-3)90-108-96(101)84-81-78-75-72-69-66-63-60-57-55-52-49-47-42-40-38-35-32-29-26-23-20-17-14-11-8-5-2/h7-12,16-21,25-30,34-38,41-43,47,53,61,64,92-94,98-99H,4-6,13-15,22-24,31-33,39-40,44-46,48-52,54-60,62-63,65-91H2,1-3H3,(H,103,104)(H,105,106)/b10-7-,11-8-,12-9-,19-16-,20-17-,21-18-,28-25-,29-26-,30-27-,37-34-,38-35-,43-41-,47-42-,53-36-,64-61-. The van der Waals surface area contributed by atoms with Gasteiger partial charge >= 0.3 is 33.6 Å². The molecule has 0 saturated carbocycles. The van der Waals surface area contributed by atoms with Gasteiger partial charge in [0, 0.05) is 19.3 Å². The minimum Gasteiger partial charge on any atom is -0.463 e. The van der Waals surface area contributed by atoms with Gasteiger partial charge in [-0.25, -0.2) is 9.13 Å². The van der Waals surface area contributed by atoms with E-state index >= 15 is 0 Å². The zero-order chi connectivity index (χ0) is 83.6. The second-order valence-electron chi connectivity index (χ2n) is 29.6. The topological polar surface area (TPSA) is 231 Å². The molecule has 5 atom stereocenters. The van der Waals surface area contributed by atoms with Crippen LogP contribution in [0, 0.1) is 0 Å². The molecule has 0 aliphatic carbocycles. The smallest absolute Gasteiger partial charge is 0.463 e. The number of unbranched alkanes of at least 4 members (excludes halogenated alkanes) is 31. The van der Waals surface area contributed by atoms with E-state index in [1.165, 1.54) is 116 Å². The lowest BCUT2D eigenvalue weighted by molar-refractivity contribution is -0.161. The SMILES string of the molecule is CC/C=C\C/C=C\C/C=C\C/C=C\C/C=C\CCCCCCCCCCCCCCCCCC(=O)OCC(O)COP(=O)(O)OCC(O)COP(=O)(O)OCC(COC(=O)CCCCCCCCCCCCC/C=C\C/C=C\C/C=C\C/C=C\C/C=C\CC)OC(=O)CCCCCCC/C=C\C/C=C\C/C=C\C/C=C\C/C=C\CC. The molecule has 0 spiro atoms. The highest BCUT2D eigenvalue weighted by Crippen LogP contribution is 2.45. The molecule has 0 saturated heterocycles. The van der Waals surface area contributed by atoms with E-state index in [2.05, 4.69) is 203 Å². The van der Waals surface area contributed by atoms with Crippen molar-refractivity contribution >= 4 is 33.6 Å². The summed E-state index contributed by atoms with van der Waals surface area (Å²) in [7, 11) is -9.82. The van der Waals surface area contributed by atoms with E-state index in [1.807, 2.05) is 0 Å². The summed E-state index contributed by atoms with van der Waals surface area (Å²) in [6, 6.07) is 0. The van der Waals surface area contributed by atoms with Crippen LogP contribution < -0.4 is 0 Å². The fourth-order valence-corrected chi connectivity index (χ4v) is 13.5. The number of esters is 3. The van der Waals surface area contributed by atoms with E-state index in [4.69, 9.17) is 32.3 Å². The molecule has 0 bridgehead atoms. The van der Waals surface area contributed by atoms with Gasteiger partial charge in [0.2, 0.25) is 0 Å². The van der Waals surface area contributed by atoms with E-state index in [0.717, 1.165) is 180 Å². The Labute approximate surface area is 700 Å². The van der Waals surface area contributed by atoms with Crippen molar-refractivity contribution in [1.29, 1.82) is 0 Å². The number of hydrogen-bond acceptors (Lipinski definition) is 14. The van der Waals surface area contributed by atoms with Crippen molar-refractivity contribution in [3.8, 4) is 0 Å². The van der Waals surface area contributed by atoms with Crippen LogP contribution in [0.5, 0.6) is 0 Å². The average Bonchev–Trinajstić information content (AvgIpc) is 0.902. The Kier molecular flexibility index (Phi) is 83.9. The number of ether oxygens (including phenoxy) is 3. The van der Waals surface area contributed by atoms with E-state index in [9.17, 15) is 43.5 Å². The second kappa shape index (κ2) is 87.9. The summed E-state index contributed by atoms with van der Waals surface area (Å²) < 4.78 is 61.4. The van der Waals surface area contributed by atoms with Crippen molar-refractivity contribution in [1.82, 2.24) is 0 Å². The first-order valence-electron chi connectivity index (χ1n) is 45.1. The maximum atomic E-state index is 13.1. The molecule has 0 aliphatic rings. The van der Waals surface area contributed by atoms with Crippen LogP contribution in [-0.2, 0) is 55.8 Å². The van der Waals surface area contributed by atoms with Gasteiger partial charge in [0.05, 0.1) is 26.4 Å². The molecule has 656 valence electrons. The van der Waals surface area contributed by atoms with Crippen molar-refractivity contribution in [3.63, 3.8) is 0 Å². The minimum atomic E-state index is -4.95. The predicted molar refractivity (Wildman–Crippen MR) is 481 cm³/mol. The lowest BCUT2D eigenvalue weighted by Gasteiger charge is -2.21. The number of hydrogen-bond donors (Lipinski definition) is 4. The third kappa shape index (κ3) is 89.3. The fraction of sp³-hybridized carbons (Fsp3) is 0.660. The number of carbonyl (C=O) groups is 3. The number of allylic oxidation sites excluding steroid dienone is 30. The van der Waals surface area contributed by atoms with Gasteiger partial charge in [0.15, 0.2) is 6.10 Å². The van der Waals surface area contributed by atoms with Crippen LogP contribution in [0.1, 0.15) is 355 Å². The molecule has 4 N–H and O–H groups in total. The largest absolute Gasteiger partial charge is 0.472 e. The molecule has 0 aromatic heterocycles. The molecule has 0 aliphatic heterocycles. The number of aliphatic hydroxyl groups is 2. The van der Waals surface area contributed by atoms with E-state index in [1.54, 1.807) is 0 Å². The monoisotopic (exact) mass is 1650 g/mol. The van der Waals surface area contributed by atoms with E-state index < -0.39 is 91.5 Å². The zero-order valence-electron chi connectivity index (χ0n) is 72.1. The Morgan fingerprint density at radius 3 is 0.687 bits per heavy atom. The number of phosphoric acid groups is 2. The summed E-state index contributed by atoms with van der Waals surface area (Å²) in [6.45, 7) is 2.34. The molecule has 0 aromatic carbocycles. The van der Waals surface area contributed by atoms with Gasteiger partial charge < -0.3 is 34.2 Å². The highest BCUT2D eigenvalue weighted by molar-refractivity contribution is 7.47. The summed E-state index contributed by atoms with van der Waals surface area (Å²) in [5.74, 6) is -1.60. The molecular formula is C97H162O16P2. The molecule has 0 amide bonds. The Bertz CT molecular complexity index is 2820. The number of rotatable bonds is 84. The van der Waals surface area contributed by atoms with Gasteiger partial charge in [-0.15, -0.1) is 0 Å². The van der Waals surface area contributed by atoms with Crippen molar-refractivity contribution in [2.24, 2.45) is 0 Å². The van der Waals surface area contributed by atoms with E-state index in [-0.39, 0.29) is 19.3 Å². The van der Waals surface area contributed by atoms with Gasteiger partial charge in [-0.3, -0.25) is 32.5 Å². The predicted octanol–water partition coefficient (Wildman–Crippen LogP) is 27.7. The van der Waals surface area contributed by atoms with Crippen LogP contribution in [0.4, 0.5) is 0 Å². The van der Waals surface area contributed by atoms with Gasteiger partial charge in [-0.1, -0.05) is 364 Å². The molecule has 0 aromatic rings. The van der Waals surface area contributed by atoms with Crippen molar-refractivity contribution < 1.29 is 75.8 Å². The first-order chi connectivity index (χ1) is 56.2. The number of aliphatic hydroxyl groups excluding tert-OH is 2. The van der Waals surface area contributed by atoms with Crippen molar-refractivity contribution in [2.45, 2.75) is 373 Å². The Morgan fingerprint density at radius 2 is 0.435 bits per heavy atom. The van der Waals surface area contributed by atoms with Gasteiger partial charge in [0.1, 0.15) is 25.4 Å². The maximum absolute atomic E-state index is 13.1. The van der Waals surface area contributed by atoms with Crippen LogP contribution >= 0.6 is 15.6 Å². The lowest BCUT2D eigenvalue weighted by Crippen LogP contribution is -2.30. The highest BCUT2D eigenvalue weighted by atomic mass is 31.2. The first kappa shape index (κ1) is 110. The van der Waals surface area contributed by atoms with Gasteiger partial charge in [0.25, 0.3) is 0 Å². The van der Waals surface area contributed by atoms with Gasteiger partial charge in [-0.2, -0.15) is 0 Å². The molecule has 18 heteroatoms. The van der Waals surface area contributed by atoms with Crippen molar-refractivity contribution in [2.75, 3.05) is 39.6 Å². The Hall–Kier alpha value is -5.35. The summed E-state index contributed by atoms with van der Waals surface area (Å²) >= 11 is 0. The molecule has 115 heavy (non-hydrogen) atoms. The normalized spacial score (nSPS) is 14.7. The Morgan fingerprint density at radius 1 is 0.243 bits per heavy atom. The summed E-state index contributed by atoms with van der Waals surface area (Å²) in [4.78, 5) is 59.0. The first-order valence-corrected chi connectivity index (χ1v) is 48.1. The quantitative estimate of drug-likeness (QED) is 0.0146. The summed E-state index contributed by atoms with van der Waals surface area (Å²) in [6.07, 6.45) is 115. The lowest BCUT2D eigenvalue weighted by atomic mass is 10.0. The summed E-state index contributed by atoms with van der Waals surface area (Å²) in [5, 5.41) is 20.7. The molecule has 16 nitrogen and oxygen atoms in total. The van der Waals surface area contributed by atoms with Crippen LogP contribution in [0.3, 0.4) is 0 Å². The molecular weight excluding hydrogens is 1480 g/mol. The Balaban J connectivity index is 4.61. The second-order valence-corrected chi connectivity index (χ2v) is 32.5. The van der Waals surface area contributed by atoms with Crippen LogP contribution in [0.15, 0.2) is 182 Å². The molecule has 0 rings (SSSR count). The van der Waals surface area contributed by atoms with Crippen molar-refractivity contribution in [3.05, 3.63) is 182 Å². The van der Waals surface area contributed by atoms with Gasteiger partial charge in [-0.05, 0) is 154 Å². The van der Waals surface area contributed by atoms with Crippen LogP contribution in [0.2, 0.25) is 0 Å². The zero-order valence-corrected chi connectivity index (χ0v) is 73.9. The molecule has 5 unspecified atom stereocenters. The third-order valence-electron chi connectivity index (χ3n) is 18.6. The third-order valence-corrected chi connectivity index (χ3v) is 20.5. The summed E-state index contributed by atoms with van der Waals surface area (Å²) in [5.41, 5.74) is 0.